The van der Waals surface area contributed by atoms with Crippen molar-refractivity contribution in [3.05, 3.63) is 35.0 Å². The van der Waals surface area contributed by atoms with Gasteiger partial charge in [-0.3, -0.25) is 14.7 Å². The summed E-state index contributed by atoms with van der Waals surface area (Å²) in [6.07, 6.45) is 2.72. The molecule has 1 saturated heterocycles. The topological polar surface area (TPSA) is 118 Å². The lowest BCUT2D eigenvalue weighted by molar-refractivity contribution is 0.0595. The van der Waals surface area contributed by atoms with Gasteiger partial charge >= 0.3 is 0 Å². The molecule has 3 N–H and O–H groups in total. The SMILES string of the molecule is Cc1cc(C(=O)N2CCCCC2c2cc(C(N)=O)n[nH]2)no1. The van der Waals surface area contributed by atoms with Gasteiger partial charge < -0.3 is 15.2 Å². The zero-order valence-corrected chi connectivity index (χ0v) is 12.2. The van der Waals surface area contributed by atoms with Crippen molar-refractivity contribution in [3.63, 3.8) is 0 Å². The van der Waals surface area contributed by atoms with Crippen LogP contribution in [0.3, 0.4) is 0 Å². The predicted molar refractivity (Wildman–Crippen MR) is 76.0 cm³/mol. The minimum absolute atomic E-state index is 0.168. The van der Waals surface area contributed by atoms with Crippen LogP contribution in [0.5, 0.6) is 0 Å². The van der Waals surface area contributed by atoms with Gasteiger partial charge in [0.15, 0.2) is 5.69 Å². The number of hydrogen-bond donors (Lipinski definition) is 2. The minimum atomic E-state index is -0.594. The maximum Gasteiger partial charge on any atom is 0.276 e. The summed E-state index contributed by atoms with van der Waals surface area (Å²) in [4.78, 5) is 25.5. The Kier molecular flexibility index (Phi) is 3.66. The van der Waals surface area contributed by atoms with E-state index in [-0.39, 0.29) is 17.6 Å². The van der Waals surface area contributed by atoms with Crippen LogP contribution in [-0.2, 0) is 0 Å². The molecular formula is C14H17N5O3. The molecule has 2 amide bonds. The molecule has 1 atom stereocenters. The van der Waals surface area contributed by atoms with E-state index < -0.39 is 5.91 Å². The highest BCUT2D eigenvalue weighted by atomic mass is 16.5. The van der Waals surface area contributed by atoms with Gasteiger partial charge in [-0.2, -0.15) is 5.10 Å². The van der Waals surface area contributed by atoms with E-state index in [0.717, 1.165) is 19.3 Å². The summed E-state index contributed by atoms with van der Waals surface area (Å²) in [7, 11) is 0. The Morgan fingerprint density at radius 3 is 2.82 bits per heavy atom. The van der Waals surface area contributed by atoms with E-state index in [1.807, 2.05) is 0 Å². The monoisotopic (exact) mass is 303 g/mol. The molecular weight excluding hydrogens is 286 g/mol. The Hall–Kier alpha value is -2.64. The third-order valence-electron chi connectivity index (χ3n) is 3.82. The number of rotatable bonds is 3. The fourth-order valence-electron chi connectivity index (χ4n) is 2.75. The maximum atomic E-state index is 12.6. The smallest absolute Gasteiger partial charge is 0.276 e. The number of nitrogens with zero attached hydrogens (tertiary/aromatic N) is 3. The number of primary amides is 1. The number of aromatic amines is 1. The van der Waals surface area contributed by atoms with E-state index in [9.17, 15) is 9.59 Å². The second-order valence-electron chi connectivity index (χ2n) is 5.41. The maximum absolute atomic E-state index is 12.6. The lowest BCUT2D eigenvalue weighted by Crippen LogP contribution is -2.38. The second kappa shape index (κ2) is 5.63. The number of H-pyrrole nitrogens is 1. The third-order valence-corrected chi connectivity index (χ3v) is 3.82. The molecule has 3 rings (SSSR count). The molecule has 2 aromatic heterocycles. The summed E-state index contributed by atoms with van der Waals surface area (Å²) < 4.78 is 4.97. The number of carbonyl (C=O) groups excluding carboxylic acids is 2. The molecule has 116 valence electrons. The van der Waals surface area contributed by atoms with Gasteiger partial charge in [0.25, 0.3) is 11.8 Å². The van der Waals surface area contributed by atoms with Crippen molar-refractivity contribution in [1.82, 2.24) is 20.3 Å². The Balaban J connectivity index is 1.87. The van der Waals surface area contributed by atoms with E-state index in [0.29, 0.717) is 23.7 Å². The van der Waals surface area contributed by atoms with E-state index in [1.54, 1.807) is 24.0 Å². The Bertz CT molecular complexity index is 705. The normalized spacial score (nSPS) is 18.4. The van der Waals surface area contributed by atoms with Crippen LogP contribution in [0.15, 0.2) is 16.7 Å². The molecule has 0 bridgehead atoms. The Morgan fingerprint density at radius 1 is 1.36 bits per heavy atom. The lowest BCUT2D eigenvalue weighted by Gasteiger charge is -2.34. The number of aryl methyl sites for hydroxylation is 1. The fourth-order valence-corrected chi connectivity index (χ4v) is 2.75. The third kappa shape index (κ3) is 2.59. The zero-order valence-electron chi connectivity index (χ0n) is 12.2. The zero-order chi connectivity index (χ0) is 15.7. The molecule has 8 nitrogen and oxygen atoms in total. The Morgan fingerprint density at radius 2 is 2.18 bits per heavy atom. The number of nitrogens with one attached hydrogen (secondary N) is 1. The van der Waals surface area contributed by atoms with Crippen molar-refractivity contribution in [3.8, 4) is 0 Å². The molecule has 0 aromatic carbocycles. The first-order valence-electron chi connectivity index (χ1n) is 7.15. The number of likely N-dealkylation sites (tertiary alicyclic amines) is 1. The molecule has 0 radical (unpaired) electrons. The van der Waals surface area contributed by atoms with Gasteiger partial charge in [0.05, 0.1) is 11.7 Å². The molecule has 0 aliphatic carbocycles. The number of hydrogen-bond acceptors (Lipinski definition) is 5. The largest absolute Gasteiger partial charge is 0.364 e. The van der Waals surface area contributed by atoms with Gasteiger partial charge in [0.1, 0.15) is 11.5 Å². The van der Waals surface area contributed by atoms with Crippen LogP contribution in [0.4, 0.5) is 0 Å². The molecule has 1 aliphatic rings. The molecule has 8 heteroatoms. The summed E-state index contributed by atoms with van der Waals surface area (Å²) in [6.45, 7) is 2.37. The average Bonchev–Trinajstić information content (AvgIpc) is 3.15. The first-order chi connectivity index (χ1) is 10.6. The van der Waals surface area contributed by atoms with Gasteiger partial charge in [-0.05, 0) is 32.3 Å². The number of nitrogens with two attached hydrogens (primary N) is 1. The van der Waals surface area contributed by atoms with Crippen molar-refractivity contribution < 1.29 is 14.1 Å². The van der Waals surface area contributed by atoms with Crippen LogP contribution >= 0.6 is 0 Å². The van der Waals surface area contributed by atoms with Gasteiger partial charge in [-0.15, -0.1) is 0 Å². The first-order valence-corrected chi connectivity index (χ1v) is 7.15. The molecule has 0 spiro atoms. The van der Waals surface area contributed by atoms with Gasteiger partial charge in [0, 0.05) is 12.6 Å². The fraction of sp³-hybridized carbons (Fsp3) is 0.429. The van der Waals surface area contributed by atoms with Crippen LogP contribution in [0.2, 0.25) is 0 Å². The minimum Gasteiger partial charge on any atom is -0.364 e. The summed E-state index contributed by atoms with van der Waals surface area (Å²) in [6, 6.07) is 3.06. The number of amides is 2. The van der Waals surface area contributed by atoms with Gasteiger partial charge in [-0.1, -0.05) is 5.16 Å². The lowest BCUT2D eigenvalue weighted by atomic mass is 9.98. The van der Waals surface area contributed by atoms with E-state index >= 15 is 0 Å². The van der Waals surface area contributed by atoms with Crippen LogP contribution in [-0.4, -0.2) is 38.6 Å². The van der Waals surface area contributed by atoms with Crippen LogP contribution in [0.25, 0.3) is 0 Å². The predicted octanol–water partition coefficient (Wildman–Crippen LogP) is 1.17. The van der Waals surface area contributed by atoms with Crippen molar-refractivity contribution in [2.45, 2.75) is 32.2 Å². The molecule has 2 aromatic rings. The van der Waals surface area contributed by atoms with Crippen molar-refractivity contribution in [2.75, 3.05) is 6.54 Å². The van der Waals surface area contributed by atoms with Crippen molar-refractivity contribution >= 4 is 11.8 Å². The summed E-state index contributed by atoms with van der Waals surface area (Å²) in [5, 5.41) is 10.5. The summed E-state index contributed by atoms with van der Waals surface area (Å²) in [5.74, 6) is -0.186. The molecule has 1 fully saturated rings. The quantitative estimate of drug-likeness (QED) is 0.882. The van der Waals surface area contributed by atoms with E-state index in [1.165, 1.54) is 0 Å². The van der Waals surface area contributed by atoms with Gasteiger partial charge in [-0.25, -0.2) is 0 Å². The molecule has 3 heterocycles. The van der Waals surface area contributed by atoms with E-state index in [4.69, 9.17) is 10.3 Å². The van der Waals surface area contributed by atoms with Crippen LogP contribution < -0.4 is 5.73 Å². The molecule has 22 heavy (non-hydrogen) atoms. The molecule has 1 unspecified atom stereocenters. The van der Waals surface area contributed by atoms with E-state index in [2.05, 4.69) is 15.4 Å². The standard InChI is InChI=1S/C14H17N5O3/c1-8-6-11(18-22-8)14(21)19-5-3-2-4-12(19)9-7-10(13(15)20)17-16-9/h6-7,12H,2-5H2,1H3,(H2,15,20)(H,16,17). The average molecular weight is 303 g/mol. The first kappa shape index (κ1) is 14.3. The van der Waals surface area contributed by atoms with Crippen molar-refractivity contribution in [1.29, 1.82) is 0 Å². The highest BCUT2D eigenvalue weighted by Gasteiger charge is 2.31. The highest BCUT2D eigenvalue weighted by Crippen LogP contribution is 2.31. The Labute approximate surface area is 126 Å². The number of aromatic nitrogens is 3. The highest BCUT2D eigenvalue weighted by molar-refractivity contribution is 5.93. The number of carbonyl (C=O) groups is 2. The van der Waals surface area contributed by atoms with Gasteiger partial charge in [0.2, 0.25) is 0 Å². The summed E-state index contributed by atoms with van der Waals surface area (Å²) >= 11 is 0. The molecule has 0 saturated carbocycles. The second-order valence-corrected chi connectivity index (χ2v) is 5.41. The van der Waals surface area contributed by atoms with Crippen LogP contribution in [0.1, 0.15) is 57.7 Å². The van der Waals surface area contributed by atoms with Crippen molar-refractivity contribution in [2.24, 2.45) is 5.73 Å². The number of piperidine rings is 1. The summed E-state index contributed by atoms with van der Waals surface area (Å²) in [5.41, 5.74) is 6.39. The van der Waals surface area contributed by atoms with Crippen LogP contribution in [0, 0.1) is 6.92 Å². The molecule has 1 aliphatic heterocycles.